The number of halogens is 3. The lowest BCUT2D eigenvalue weighted by molar-refractivity contribution is -0.137. The van der Waals surface area contributed by atoms with Gasteiger partial charge in [-0.05, 0) is 37.2 Å². The van der Waals surface area contributed by atoms with Gasteiger partial charge in [0.05, 0.1) is 11.7 Å². The molecule has 17 heavy (non-hydrogen) atoms. The smallest absolute Gasteiger partial charge is 0.388 e. The second kappa shape index (κ2) is 6.02. The second-order valence-corrected chi connectivity index (χ2v) is 3.78. The molecule has 0 aromatic heterocycles. The van der Waals surface area contributed by atoms with Gasteiger partial charge in [-0.3, -0.25) is 0 Å². The van der Waals surface area contributed by atoms with Crippen molar-refractivity contribution in [2.24, 2.45) is 0 Å². The monoisotopic (exact) mass is 247 g/mol. The number of aliphatic hydroxyl groups is 1. The predicted molar refractivity (Wildman–Crippen MR) is 59.6 cm³/mol. The Morgan fingerprint density at radius 2 is 1.82 bits per heavy atom. The summed E-state index contributed by atoms with van der Waals surface area (Å²) in [6, 6.07) is 4.62. The zero-order valence-corrected chi connectivity index (χ0v) is 9.59. The van der Waals surface area contributed by atoms with Crippen LogP contribution in [0.2, 0.25) is 0 Å². The quantitative estimate of drug-likeness (QED) is 0.784. The molecule has 1 aromatic rings. The minimum Gasteiger partial charge on any atom is -0.388 e. The summed E-state index contributed by atoms with van der Waals surface area (Å²) < 4.78 is 36.9. The van der Waals surface area contributed by atoms with Crippen molar-refractivity contribution >= 4 is 0 Å². The number of hydrogen-bond donors (Lipinski definition) is 2. The van der Waals surface area contributed by atoms with Crippen molar-refractivity contribution in [2.75, 3.05) is 13.1 Å². The van der Waals surface area contributed by atoms with E-state index >= 15 is 0 Å². The van der Waals surface area contributed by atoms with Crippen LogP contribution in [0.5, 0.6) is 0 Å². The summed E-state index contributed by atoms with van der Waals surface area (Å²) >= 11 is 0. The largest absolute Gasteiger partial charge is 0.416 e. The van der Waals surface area contributed by atoms with Gasteiger partial charge in [0.2, 0.25) is 0 Å². The zero-order valence-electron chi connectivity index (χ0n) is 9.59. The summed E-state index contributed by atoms with van der Waals surface area (Å²) in [7, 11) is 0. The van der Waals surface area contributed by atoms with Crippen LogP contribution in [0.15, 0.2) is 24.3 Å². The van der Waals surface area contributed by atoms with Crippen LogP contribution in [0.1, 0.15) is 30.6 Å². The molecule has 2 nitrogen and oxygen atoms in total. The first-order valence-electron chi connectivity index (χ1n) is 5.51. The Morgan fingerprint density at radius 1 is 1.24 bits per heavy atom. The van der Waals surface area contributed by atoms with E-state index in [1.165, 1.54) is 12.1 Å². The highest BCUT2D eigenvalue weighted by atomic mass is 19.4. The minimum absolute atomic E-state index is 0.485. The van der Waals surface area contributed by atoms with Crippen molar-refractivity contribution in [3.63, 3.8) is 0 Å². The average molecular weight is 247 g/mol. The molecule has 96 valence electrons. The number of rotatable bonds is 5. The van der Waals surface area contributed by atoms with E-state index in [-0.39, 0.29) is 0 Å². The Balaban J connectivity index is 2.61. The van der Waals surface area contributed by atoms with Gasteiger partial charge in [-0.25, -0.2) is 0 Å². The lowest BCUT2D eigenvalue weighted by Crippen LogP contribution is -2.16. The number of nitrogens with one attached hydrogen (secondary N) is 1. The van der Waals surface area contributed by atoms with Crippen LogP contribution in [-0.4, -0.2) is 18.2 Å². The highest BCUT2D eigenvalue weighted by molar-refractivity contribution is 5.25. The fourth-order valence-electron chi connectivity index (χ4n) is 1.48. The molecule has 0 amide bonds. The second-order valence-electron chi connectivity index (χ2n) is 3.78. The molecule has 1 aromatic carbocycles. The van der Waals surface area contributed by atoms with E-state index in [9.17, 15) is 18.3 Å². The van der Waals surface area contributed by atoms with Crippen molar-refractivity contribution in [1.29, 1.82) is 0 Å². The van der Waals surface area contributed by atoms with E-state index in [1.54, 1.807) is 0 Å². The van der Waals surface area contributed by atoms with Gasteiger partial charge in [-0.1, -0.05) is 19.1 Å². The molecule has 0 bridgehead atoms. The Bertz CT molecular complexity index is 335. The molecule has 0 saturated heterocycles. The standard InChI is InChI=1S/C12H16F3NO/c1-2-16-8-7-11(17)9-3-5-10(6-4-9)12(13,14)15/h3-6,11,16-17H,2,7-8H2,1H3. The first-order valence-corrected chi connectivity index (χ1v) is 5.51. The van der Waals surface area contributed by atoms with Crippen LogP contribution in [0.3, 0.4) is 0 Å². The predicted octanol–water partition coefficient (Wildman–Crippen LogP) is 2.74. The van der Waals surface area contributed by atoms with E-state index in [4.69, 9.17) is 0 Å². The molecule has 0 saturated carbocycles. The van der Waals surface area contributed by atoms with Crippen molar-refractivity contribution in [1.82, 2.24) is 5.32 Å². The molecular formula is C12H16F3NO. The summed E-state index contributed by atoms with van der Waals surface area (Å²) in [6.45, 7) is 3.39. The highest BCUT2D eigenvalue weighted by Crippen LogP contribution is 2.30. The molecular weight excluding hydrogens is 231 g/mol. The average Bonchev–Trinajstić information content (AvgIpc) is 2.28. The third kappa shape index (κ3) is 4.36. The van der Waals surface area contributed by atoms with Gasteiger partial charge in [-0.2, -0.15) is 13.2 Å². The molecule has 1 unspecified atom stereocenters. The molecule has 1 rings (SSSR count). The number of aliphatic hydroxyl groups excluding tert-OH is 1. The van der Waals surface area contributed by atoms with E-state index in [0.29, 0.717) is 18.5 Å². The summed E-state index contributed by atoms with van der Waals surface area (Å²) in [5, 5.41) is 12.8. The Hall–Kier alpha value is -1.07. The topological polar surface area (TPSA) is 32.3 Å². The van der Waals surface area contributed by atoms with Crippen LogP contribution < -0.4 is 5.32 Å². The van der Waals surface area contributed by atoms with E-state index in [2.05, 4.69) is 5.32 Å². The molecule has 0 fully saturated rings. The fraction of sp³-hybridized carbons (Fsp3) is 0.500. The van der Waals surface area contributed by atoms with Crippen LogP contribution in [0.4, 0.5) is 13.2 Å². The molecule has 0 spiro atoms. The van der Waals surface area contributed by atoms with Crippen molar-refractivity contribution in [3.05, 3.63) is 35.4 Å². The molecule has 0 aliphatic rings. The molecule has 2 N–H and O–H groups in total. The van der Waals surface area contributed by atoms with Crippen LogP contribution >= 0.6 is 0 Å². The van der Waals surface area contributed by atoms with Gasteiger partial charge in [0.1, 0.15) is 0 Å². The lowest BCUT2D eigenvalue weighted by atomic mass is 10.0. The summed E-state index contributed by atoms with van der Waals surface area (Å²) in [5.74, 6) is 0. The number of alkyl halides is 3. The van der Waals surface area contributed by atoms with E-state index in [0.717, 1.165) is 18.7 Å². The first kappa shape index (κ1) is 14.0. The molecule has 1 atom stereocenters. The SMILES string of the molecule is CCNCCC(O)c1ccc(C(F)(F)F)cc1. The molecule has 5 heteroatoms. The lowest BCUT2D eigenvalue weighted by Gasteiger charge is -2.12. The molecule has 0 radical (unpaired) electrons. The van der Waals surface area contributed by atoms with Crippen molar-refractivity contribution in [3.8, 4) is 0 Å². The van der Waals surface area contributed by atoms with Gasteiger partial charge in [0.15, 0.2) is 0 Å². The van der Waals surface area contributed by atoms with Crippen LogP contribution in [0.25, 0.3) is 0 Å². The molecule has 0 heterocycles. The van der Waals surface area contributed by atoms with Crippen LogP contribution in [-0.2, 0) is 6.18 Å². The minimum atomic E-state index is -4.33. The van der Waals surface area contributed by atoms with Gasteiger partial charge >= 0.3 is 6.18 Å². The number of benzene rings is 1. The summed E-state index contributed by atoms with van der Waals surface area (Å²) in [4.78, 5) is 0. The summed E-state index contributed by atoms with van der Waals surface area (Å²) in [6.07, 6.45) is -4.57. The fourth-order valence-corrected chi connectivity index (χ4v) is 1.48. The Labute approximate surface area is 98.5 Å². The third-order valence-electron chi connectivity index (χ3n) is 2.47. The van der Waals surface area contributed by atoms with Gasteiger partial charge in [0, 0.05) is 0 Å². The first-order chi connectivity index (χ1) is 7.95. The third-order valence-corrected chi connectivity index (χ3v) is 2.47. The van der Waals surface area contributed by atoms with E-state index < -0.39 is 17.8 Å². The normalized spacial score (nSPS) is 13.7. The molecule has 0 aliphatic carbocycles. The maximum atomic E-state index is 12.3. The van der Waals surface area contributed by atoms with Gasteiger partial charge in [-0.15, -0.1) is 0 Å². The zero-order chi connectivity index (χ0) is 12.9. The van der Waals surface area contributed by atoms with Crippen molar-refractivity contribution < 1.29 is 18.3 Å². The maximum Gasteiger partial charge on any atom is 0.416 e. The molecule has 0 aliphatic heterocycles. The van der Waals surface area contributed by atoms with E-state index in [1.807, 2.05) is 6.92 Å². The van der Waals surface area contributed by atoms with Crippen molar-refractivity contribution in [2.45, 2.75) is 25.6 Å². The Kier molecular flexibility index (Phi) is 4.96. The maximum absolute atomic E-state index is 12.3. The Morgan fingerprint density at radius 3 is 2.29 bits per heavy atom. The van der Waals surface area contributed by atoms with Gasteiger partial charge in [0.25, 0.3) is 0 Å². The van der Waals surface area contributed by atoms with Gasteiger partial charge < -0.3 is 10.4 Å². The van der Waals surface area contributed by atoms with Crippen LogP contribution in [0, 0.1) is 0 Å². The number of hydrogen-bond acceptors (Lipinski definition) is 2. The summed E-state index contributed by atoms with van der Waals surface area (Å²) in [5.41, 5.74) is -0.184. The highest BCUT2D eigenvalue weighted by Gasteiger charge is 2.30.